The molecule has 23 heavy (non-hydrogen) atoms. The minimum absolute atomic E-state index is 0.00249. The Hall–Kier alpha value is -2.33. The molecule has 0 unspecified atom stereocenters. The molecule has 1 atom stereocenters. The molecule has 0 saturated heterocycles. The van der Waals surface area contributed by atoms with Gasteiger partial charge in [0.25, 0.3) is 0 Å². The van der Waals surface area contributed by atoms with Crippen LogP contribution in [0.5, 0.6) is 0 Å². The summed E-state index contributed by atoms with van der Waals surface area (Å²) < 4.78 is 5.86. The average Bonchev–Trinajstić information content (AvgIpc) is 2.99. The van der Waals surface area contributed by atoms with Crippen LogP contribution in [0.3, 0.4) is 0 Å². The molecule has 0 saturated carbocycles. The first-order valence-electron chi connectivity index (χ1n) is 7.80. The molecule has 0 fully saturated rings. The second-order valence-corrected chi connectivity index (χ2v) is 5.97. The molecule has 3 nitrogen and oxygen atoms in total. The van der Waals surface area contributed by atoms with Gasteiger partial charge < -0.3 is 15.1 Å². The predicted molar refractivity (Wildman–Crippen MR) is 99.8 cm³/mol. The number of para-hydroxylation sites is 1. The van der Waals surface area contributed by atoms with Crippen LogP contribution in [0.4, 0.5) is 5.69 Å². The highest BCUT2D eigenvalue weighted by molar-refractivity contribution is 7.80. The van der Waals surface area contributed by atoms with Crippen molar-refractivity contribution in [1.29, 1.82) is 0 Å². The molecule has 0 amide bonds. The smallest absolute Gasteiger partial charge is 0.171 e. The maximum absolute atomic E-state index is 5.86. The van der Waals surface area contributed by atoms with Crippen LogP contribution >= 0.6 is 12.2 Å². The average molecular weight is 324 g/mol. The number of furan rings is 1. The third-order valence-electron chi connectivity index (χ3n) is 3.84. The number of hydrogen-bond acceptors (Lipinski definition) is 2. The Morgan fingerprint density at radius 1 is 1.13 bits per heavy atom. The Morgan fingerprint density at radius 2 is 1.87 bits per heavy atom. The standard InChI is InChI=1S/C19H20N2OS/c1-3-14-8-10-16(11-9-14)21-19(23)20-13(2)18-12-15-6-4-5-7-17(15)22-18/h4-13H,3H2,1-2H3,(H2,20,21,23)/t13-/m0/s1. The van der Waals surface area contributed by atoms with Crippen molar-refractivity contribution in [1.82, 2.24) is 5.32 Å². The number of anilines is 1. The second-order valence-electron chi connectivity index (χ2n) is 5.56. The molecule has 0 aliphatic carbocycles. The molecule has 0 bridgehead atoms. The van der Waals surface area contributed by atoms with E-state index in [0.717, 1.165) is 28.8 Å². The van der Waals surface area contributed by atoms with Gasteiger partial charge in [0.2, 0.25) is 0 Å². The van der Waals surface area contributed by atoms with Gasteiger partial charge in [0, 0.05) is 11.1 Å². The zero-order chi connectivity index (χ0) is 16.2. The number of nitrogens with one attached hydrogen (secondary N) is 2. The van der Waals surface area contributed by atoms with E-state index in [1.807, 2.05) is 49.4 Å². The molecule has 1 aromatic heterocycles. The number of thiocarbonyl (C=S) groups is 1. The van der Waals surface area contributed by atoms with Crippen LogP contribution in [-0.2, 0) is 6.42 Å². The van der Waals surface area contributed by atoms with E-state index in [1.165, 1.54) is 5.56 Å². The van der Waals surface area contributed by atoms with Gasteiger partial charge in [-0.15, -0.1) is 0 Å². The normalized spacial score (nSPS) is 12.1. The van der Waals surface area contributed by atoms with Crippen LogP contribution in [0.2, 0.25) is 0 Å². The lowest BCUT2D eigenvalue weighted by atomic mass is 10.1. The summed E-state index contributed by atoms with van der Waals surface area (Å²) in [4.78, 5) is 0. The summed E-state index contributed by atoms with van der Waals surface area (Å²) in [6, 6.07) is 18.3. The fraction of sp³-hybridized carbons (Fsp3) is 0.211. The van der Waals surface area contributed by atoms with Gasteiger partial charge in [0.05, 0.1) is 6.04 Å². The Labute approximate surface area is 141 Å². The van der Waals surface area contributed by atoms with Crippen molar-refractivity contribution in [2.24, 2.45) is 0 Å². The van der Waals surface area contributed by atoms with Crippen molar-refractivity contribution in [3.63, 3.8) is 0 Å². The minimum Gasteiger partial charge on any atom is -0.459 e. The molecule has 0 spiro atoms. The molecule has 0 radical (unpaired) electrons. The Kier molecular flexibility index (Phi) is 4.63. The van der Waals surface area contributed by atoms with Crippen molar-refractivity contribution in [2.75, 3.05) is 5.32 Å². The van der Waals surface area contributed by atoms with Crippen LogP contribution in [0.25, 0.3) is 11.0 Å². The van der Waals surface area contributed by atoms with Crippen molar-refractivity contribution in [3.8, 4) is 0 Å². The van der Waals surface area contributed by atoms with Gasteiger partial charge in [-0.05, 0) is 55.4 Å². The molecule has 2 N–H and O–H groups in total. The van der Waals surface area contributed by atoms with E-state index in [1.54, 1.807) is 0 Å². The highest BCUT2D eigenvalue weighted by Gasteiger charge is 2.12. The molecule has 0 aliphatic rings. The summed E-state index contributed by atoms with van der Waals surface area (Å²) in [6.07, 6.45) is 1.03. The number of fused-ring (bicyclic) bond motifs is 1. The third kappa shape index (κ3) is 3.71. The van der Waals surface area contributed by atoms with Gasteiger partial charge in [-0.25, -0.2) is 0 Å². The largest absolute Gasteiger partial charge is 0.459 e. The first kappa shape index (κ1) is 15.6. The fourth-order valence-electron chi connectivity index (χ4n) is 2.47. The van der Waals surface area contributed by atoms with Gasteiger partial charge in [-0.2, -0.15) is 0 Å². The number of hydrogen-bond donors (Lipinski definition) is 2. The van der Waals surface area contributed by atoms with E-state index in [-0.39, 0.29) is 6.04 Å². The fourth-order valence-corrected chi connectivity index (χ4v) is 2.77. The number of aryl methyl sites for hydroxylation is 1. The molecule has 2 aromatic carbocycles. The van der Waals surface area contributed by atoms with Gasteiger partial charge in [-0.1, -0.05) is 37.3 Å². The first-order chi connectivity index (χ1) is 11.2. The van der Waals surface area contributed by atoms with E-state index in [9.17, 15) is 0 Å². The van der Waals surface area contributed by atoms with E-state index in [2.05, 4.69) is 29.7 Å². The molecule has 3 aromatic rings. The minimum atomic E-state index is -0.00249. The Bertz CT molecular complexity index is 775. The highest BCUT2D eigenvalue weighted by Crippen LogP contribution is 2.23. The van der Waals surface area contributed by atoms with E-state index >= 15 is 0 Å². The zero-order valence-corrected chi connectivity index (χ0v) is 14.1. The first-order valence-corrected chi connectivity index (χ1v) is 8.21. The van der Waals surface area contributed by atoms with Crippen LogP contribution in [0, 0.1) is 0 Å². The van der Waals surface area contributed by atoms with E-state index in [0.29, 0.717) is 5.11 Å². The van der Waals surface area contributed by atoms with Crippen LogP contribution < -0.4 is 10.6 Å². The van der Waals surface area contributed by atoms with Crippen LogP contribution in [0.15, 0.2) is 59.0 Å². The van der Waals surface area contributed by atoms with Crippen molar-refractivity contribution >= 4 is 34.0 Å². The quantitative estimate of drug-likeness (QED) is 0.659. The Morgan fingerprint density at radius 3 is 2.57 bits per heavy atom. The molecule has 4 heteroatoms. The van der Waals surface area contributed by atoms with Gasteiger partial charge in [0.1, 0.15) is 11.3 Å². The van der Waals surface area contributed by atoms with E-state index in [4.69, 9.17) is 16.6 Å². The summed E-state index contributed by atoms with van der Waals surface area (Å²) >= 11 is 5.39. The number of benzene rings is 2. The van der Waals surface area contributed by atoms with Crippen molar-refractivity contribution in [2.45, 2.75) is 26.3 Å². The molecule has 1 heterocycles. The van der Waals surface area contributed by atoms with Gasteiger partial charge >= 0.3 is 0 Å². The van der Waals surface area contributed by atoms with Crippen molar-refractivity contribution < 1.29 is 4.42 Å². The second kappa shape index (κ2) is 6.84. The number of rotatable bonds is 4. The maximum atomic E-state index is 5.86. The monoisotopic (exact) mass is 324 g/mol. The highest BCUT2D eigenvalue weighted by atomic mass is 32.1. The predicted octanol–water partition coefficient (Wildman–Crippen LogP) is 5.04. The lowest BCUT2D eigenvalue weighted by molar-refractivity contribution is 0.493. The van der Waals surface area contributed by atoms with Crippen molar-refractivity contribution in [3.05, 3.63) is 65.9 Å². The SMILES string of the molecule is CCc1ccc(NC(=S)N[C@@H](C)c2cc3ccccc3o2)cc1. The molecular formula is C19H20N2OS. The topological polar surface area (TPSA) is 37.2 Å². The summed E-state index contributed by atoms with van der Waals surface area (Å²) in [5.74, 6) is 0.872. The summed E-state index contributed by atoms with van der Waals surface area (Å²) in [5, 5.41) is 8.15. The lowest BCUT2D eigenvalue weighted by Gasteiger charge is -2.15. The molecular weight excluding hydrogens is 304 g/mol. The summed E-state index contributed by atoms with van der Waals surface area (Å²) in [5.41, 5.74) is 3.19. The zero-order valence-electron chi connectivity index (χ0n) is 13.3. The maximum Gasteiger partial charge on any atom is 0.171 e. The van der Waals surface area contributed by atoms with Gasteiger partial charge in [-0.3, -0.25) is 0 Å². The molecule has 118 valence electrons. The summed E-state index contributed by atoms with van der Waals surface area (Å²) in [7, 11) is 0. The molecule has 0 aliphatic heterocycles. The summed E-state index contributed by atoms with van der Waals surface area (Å²) in [6.45, 7) is 4.18. The van der Waals surface area contributed by atoms with Crippen LogP contribution in [0.1, 0.15) is 31.2 Å². The lowest BCUT2D eigenvalue weighted by Crippen LogP contribution is -2.30. The van der Waals surface area contributed by atoms with E-state index < -0.39 is 0 Å². The third-order valence-corrected chi connectivity index (χ3v) is 4.06. The molecule has 3 rings (SSSR count). The van der Waals surface area contributed by atoms with Gasteiger partial charge in [0.15, 0.2) is 5.11 Å². The Balaban J connectivity index is 1.64. The van der Waals surface area contributed by atoms with Crippen LogP contribution in [-0.4, -0.2) is 5.11 Å².